The maximum Gasteiger partial charge on any atom is 0.269 e. The summed E-state index contributed by atoms with van der Waals surface area (Å²) < 4.78 is 28.0. The van der Waals surface area contributed by atoms with E-state index in [9.17, 15) is 13.2 Å². The molecule has 2 heterocycles. The minimum absolute atomic E-state index is 0.0786. The van der Waals surface area contributed by atoms with Crippen LogP contribution >= 0.6 is 0 Å². The minimum Gasteiger partial charge on any atom is -0.349 e. The third kappa shape index (κ3) is 3.89. The van der Waals surface area contributed by atoms with E-state index in [-0.39, 0.29) is 29.6 Å². The summed E-state index contributed by atoms with van der Waals surface area (Å²) in [6, 6.07) is 5.00. The van der Waals surface area contributed by atoms with Crippen molar-refractivity contribution in [1.82, 2.24) is 24.8 Å². The molecule has 0 unspecified atom stereocenters. The van der Waals surface area contributed by atoms with Crippen LogP contribution in [-0.4, -0.2) is 42.2 Å². The highest BCUT2D eigenvalue weighted by atomic mass is 32.2. The summed E-state index contributed by atoms with van der Waals surface area (Å²) in [5.41, 5.74) is 0.709. The third-order valence-electron chi connectivity index (χ3n) is 2.86. The standard InChI is InChI=1S/C13H17N5O3S/c1-10-12(9-18(2)17-10)22(20,21)16-8-7-15-13(19)11-5-3-4-6-14-11/h3-6,9,16H,7-8H2,1-2H3,(H,15,19). The maximum absolute atomic E-state index is 12.1. The highest BCUT2D eigenvalue weighted by Gasteiger charge is 2.19. The van der Waals surface area contributed by atoms with E-state index in [1.54, 1.807) is 32.2 Å². The molecule has 2 aromatic rings. The molecule has 0 saturated heterocycles. The molecule has 2 N–H and O–H groups in total. The van der Waals surface area contributed by atoms with Gasteiger partial charge in [-0.3, -0.25) is 14.5 Å². The molecule has 0 bridgehead atoms. The van der Waals surface area contributed by atoms with Crippen molar-refractivity contribution < 1.29 is 13.2 Å². The third-order valence-corrected chi connectivity index (χ3v) is 4.42. The van der Waals surface area contributed by atoms with Gasteiger partial charge in [0, 0.05) is 32.5 Å². The second-order valence-corrected chi connectivity index (χ2v) is 6.36. The number of hydrogen-bond donors (Lipinski definition) is 2. The van der Waals surface area contributed by atoms with Gasteiger partial charge in [0.15, 0.2) is 0 Å². The number of rotatable bonds is 6. The molecule has 0 aliphatic carbocycles. The summed E-state index contributed by atoms with van der Waals surface area (Å²) in [6.07, 6.45) is 2.95. The predicted octanol–water partition coefficient (Wildman–Crippen LogP) is -0.168. The van der Waals surface area contributed by atoms with Crippen LogP contribution in [0.1, 0.15) is 16.2 Å². The van der Waals surface area contributed by atoms with Gasteiger partial charge >= 0.3 is 0 Å². The lowest BCUT2D eigenvalue weighted by atomic mass is 10.3. The van der Waals surface area contributed by atoms with Crippen LogP contribution in [0.5, 0.6) is 0 Å². The maximum atomic E-state index is 12.1. The fourth-order valence-corrected chi connectivity index (χ4v) is 3.12. The van der Waals surface area contributed by atoms with E-state index < -0.39 is 10.0 Å². The zero-order valence-electron chi connectivity index (χ0n) is 12.3. The van der Waals surface area contributed by atoms with Crippen LogP contribution in [0.15, 0.2) is 35.5 Å². The predicted molar refractivity (Wildman–Crippen MR) is 79.7 cm³/mol. The number of amides is 1. The quantitative estimate of drug-likeness (QED) is 0.718. The lowest BCUT2D eigenvalue weighted by Crippen LogP contribution is -2.35. The smallest absolute Gasteiger partial charge is 0.269 e. The SMILES string of the molecule is Cc1nn(C)cc1S(=O)(=O)NCCNC(=O)c1ccccn1. The van der Waals surface area contributed by atoms with E-state index in [1.165, 1.54) is 17.1 Å². The fraction of sp³-hybridized carbons (Fsp3) is 0.308. The highest BCUT2D eigenvalue weighted by molar-refractivity contribution is 7.89. The Balaban J connectivity index is 1.86. The number of pyridine rings is 1. The number of nitrogens with one attached hydrogen (secondary N) is 2. The van der Waals surface area contributed by atoms with Crippen LogP contribution in [0, 0.1) is 6.92 Å². The van der Waals surface area contributed by atoms with Crippen molar-refractivity contribution in [2.75, 3.05) is 13.1 Å². The molecule has 0 radical (unpaired) electrons. The Morgan fingerprint density at radius 1 is 1.32 bits per heavy atom. The Kier molecular flexibility index (Phi) is 4.88. The lowest BCUT2D eigenvalue weighted by Gasteiger charge is -2.07. The van der Waals surface area contributed by atoms with E-state index >= 15 is 0 Å². The van der Waals surface area contributed by atoms with Gasteiger partial charge in [-0.25, -0.2) is 13.1 Å². The second kappa shape index (κ2) is 6.67. The summed E-state index contributed by atoms with van der Waals surface area (Å²) in [5.74, 6) is -0.350. The summed E-state index contributed by atoms with van der Waals surface area (Å²) in [5, 5.41) is 6.59. The van der Waals surface area contributed by atoms with Gasteiger partial charge in [-0.05, 0) is 19.1 Å². The monoisotopic (exact) mass is 323 g/mol. The van der Waals surface area contributed by atoms with Crippen LogP contribution in [-0.2, 0) is 17.1 Å². The molecule has 9 heteroatoms. The molecular formula is C13H17N5O3S. The summed E-state index contributed by atoms with van der Waals surface area (Å²) in [6.45, 7) is 1.86. The lowest BCUT2D eigenvalue weighted by molar-refractivity contribution is 0.0949. The first-order valence-corrected chi connectivity index (χ1v) is 8.07. The molecule has 8 nitrogen and oxygen atoms in total. The Morgan fingerprint density at radius 2 is 2.09 bits per heavy atom. The van der Waals surface area contributed by atoms with E-state index in [2.05, 4.69) is 20.1 Å². The molecule has 2 rings (SSSR count). The summed E-state index contributed by atoms with van der Waals surface area (Å²) in [4.78, 5) is 15.8. The van der Waals surface area contributed by atoms with Gasteiger partial charge in [-0.2, -0.15) is 5.10 Å². The molecule has 0 aromatic carbocycles. The summed E-state index contributed by atoms with van der Waals surface area (Å²) in [7, 11) is -1.98. The van der Waals surface area contributed by atoms with Crippen molar-refractivity contribution in [3.63, 3.8) is 0 Å². The van der Waals surface area contributed by atoms with Crippen molar-refractivity contribution in [2.24, 2.45) is 7.05 Å². The van der Waals surface area contributed by atoms with Gasteiger partial charge in [0.25, 0.3) is 5.91 Å². The number of aromatic nitrogens is 3. The van der Waals surface area contributed by atoms with Crippen LogP contribution in [0.2, 0.25) is 0 Å². The Morgan fingerprint density at radius 3 is 2.68 bits per heavy atom. The Hall–Kier alpha value is -2.26. The average molecular weight is 323 g/mol. The Labute approximate surface area is 128 Å². The van der Waals surface area contributed by atoms with Crippen molar-refractivity contribution in [3.8, 4) is 0 Å². The van der Waals surface area contributed by atoms with E-state index in [0.29, 0.717) is 5.69 Å². The number of sulfonamides is 1. The van der Waals surface area contributed by atoms with E-state index in [4.69, 9.17) is 0 Å². The molecule has 2 aromatic heterocycles. The van der Waals surface area contributed by atoms with Gasteiger partial charge in [-0.1, -0.05) is 6.07 Å². The van der Waals surface area contributed by atoms with Crippen molar-refractivity contribution in [3.05, 3.63) is 42.0 Å². The zero-order valence-corrected chi connectivity index (χ0v) is 13.1. The van der Waals surface area contributed by atoms with Crippen LogP contribution in [0.4, 0.5) is 0 Å². The van der Waals surface area contributed by atoms with Crippen molar-refractivity contribution >= 4 is 15.9 Å². The first kappa shape index (κ1) is 16.1. The van der Waals surface area contributed by atoms with Gasteiger partial charge in [0.2, 0.25) is 10.0 Å². The van der Waals surface area contributed by atoms with E-state index in [0.717, 1.165) is 0 Å². The number of hydrogen-bond acceptors (Lipinski definition) is 5. The molecule has 0 spiro atoms. The highest BCUT2D eigenvalue weighted by Crippen LogP contribution is 2.11. The number of carbonyl (C=O) groups is 1. The zero-order chi connectivity index (χ0) is 16.2. The molecule has 1 amide bonds. The van der Waals surface area contributed by atoms with Crippen LogP contribution in [0.3, 0.4) is 0 Å². The summed E-state index contributed by atoms with van der Waals surface area (Å²) >= 11 is 0. The van der Waals surface area contributed by atoms with Gasteiger partial charge in [-0.15, -0.1) is 0 Å². The van der Waals surface area contributed by atoms with Crippen molar-refractivity contribution in [1.29, 1.82) is 0 Å². The largest absolute Gasteiger partial charge is 0.349 e. The Bertz CT molecular complexity index is 755. The molecule has 0 aliphatic rings. The molecule has 0 aliphatic heterocycles. The molecule has 22 heavy (non-hydrogen) atoms. The number of carbonyl (C=O) groups excluding carboxylic acids is 1. The van der Waals surface area contributed by atoms with Crippen LogP contribution < -0.4 is 10.0 Å². The first-order chi connectivity index (χ1) is 10.4. The van der Waals surface area contributed by atoms with Crippen LogP contribution in [0.25, 0.3) is 0 Å². The van der Waals surface area contributed by atoms with Gasteiger partial charge in [0.05, 0.1) is 5.69 Å². The number of nitrogens with zero attached hydrogens (tertiary/aromatic N) is 3. The molecular weight excluding hydrogens is 306 g/mol. The molecule has 0 atom stereocenters. The first-order valence-electron chi connectivity index (χ1n) is 6.59. The van der Waals surface area contributed by atoms with Crippen molar-refractivity contribution in [2.45, 2.75) is 11.8 Å². The van der Waals surface area contributed by atoms with Gasteiger partial charge < -0.3 is 5.32 Å². The topological polar surface area (TPSA) is 106 Å². The van der Waals surface area contributed by atoms with E-state index in [1.807, 2.05) is 0 Å². The number of aryl methyl sites for hydroxylation is 2. The fourth-order valence-electron chi connectivity index (χ4n) is 1.87. The molecule has 118 valence electrons. The molecule has 0 saturated carbocycles. The average Bonchev–Trinajstić information content (AvgIpc) is 2.84. The van der Waals surface area contributed by atoms with Gasteiger partial charge in [0.1, 0.15) is 10.6 Å². The second-order valence-electron chi connectivity index (χ2n) is 4.62. The molecule has 0 fully saturated rings. The minimum atomic E-state index is -3.63. The normalized spacial score (nSPS) is 11.4.